The van der Waals surface area contributed by atoms with Gasteiger partial charge in [-0.15, -0.1) is 0 Å². The molecule has 0 bridgehead atoms. The summed E-state index contributed by atoms with van der Waals surface area (Å²) >= 11 is 6.21. The molecule has 1 aliphatic rings. The Bertz CT molecular complexity index is 702. The third-order valence-electron chi connectivity index (χ3n) is 5.14. The first-order valence-corrected chi connectivity index (χ1v) is 9.95. The first kappa shape index (κ1) is 19.2. The van der Waals surface area contributed by atoms with Crippen molar-refractivity contribution in [2.75, 3.05) is 19.6 Å². The zero-order valence-corrected chi connectivity index (χ0v) is 16.6. The fraction of sp³-hybridized carbons (Fsp3) is 0.455. The van der Waals surface area contributed by atoms with Gasteiger partial charge in [0.15, 0.2) is 0 Å². The normalized spacial score (nSPS) is 17.6. The molecule has 1 unspecified atom stereocenters. The Morgan fingerprint density at radius 1 is 1.19 bits per heavy atom. The van der Waals surface area contributed by atoms with E-state index in [0.29, 0.717) is 12.6 Å². The largest absolute Gasteiger partial charge is 0.489 e. The summed E-state index contributed by atoms with van der Waals surface area (Å²) in [5, 5.41) is 4.35. The number of likely N-dealkylation sites (N-methyl/N-ethyl adjacent to an activating group) is 1. The van der Waals surface area contributed by atoms with Crippen molar-refractivity contribution in [3.05, 3.63) is 64.2 Å². The van der Waals surface area contributed by atoms with Crippen molar-refractivity contribution in [2.45, 2.75) is 45.9 Å². The topological polar surface area (TPSA) is 24.5 Å². The first-order chi connectivity index (χ1) is 12.7. The Hall–Kier alpha value is -1.55. The van der Waals surface area contributed by atoms with Gasteiger partial charge in [-0.3, -0.25) is 4.90 Å². The highest BCUT2D eigenvalue weighted by atomic mass is 35.5. The molecule has 1 saturated heterocycles. The Balaban J connectivity index is 1.57. The van der Waals surface area contributed by atoms with Gasteiger partial charge in [-0.25, -0.2) is 0 Å². The number of halogens is 1. The van der Waals surface area contributed by atoms with Gasteiger partial charge in [0, 0.05) is 29.7 Å². The fourth-order valence-corrected chi connectivity index (χ4v) is 3.78. The summed E-state index contributed by atoms with van der Waals surface area (Å²) in [6, 6.07) is 15.0. The van der Waals surface area contributed by atoms with E-state index in [-0.39, 0.29) is 0 Å². The van der Waals surface area contributed by atoms with Crippen molar-refractivity contribution >= 4 is 11.6 Å². The summed E-state index contributed by atoms with van der Waals surface area (Å²) in [6.45, 7) is 9.06. The molecule has 26 heavy (non-hydrogen) atoms. The van der Waals surface area contributed by atoms with Gasteiger partial charge in [0.25, 0.3) is 0 Å². The molecule has 0 amide bonds. The lowest BCUT2D eigenvalue weighted by Crippen LogP contribution is -2.37. The second-order valence-corrected chi connectivity index (χ2v) is 7.52. The van der Waals surface area contributed by atoms with Gasteiger partial charge in [-0.1, -0.05) is 48.4 Å². The van der Waals surface area contributed by atoms with Crippen molar-refractivity contribution in [3.63, 3.8) is 0 Å². The van der Waals surface area contributed by atoms with Gasteiger partial charge in [-0.05, 0) is 56.6 Å². The fourth-order valence-electron chi connectivity index (χ4n) is 3.59. The maximum Gasteiger partial charge on any atom is 0.124 e. The standard InChI is InChI=1S/C22H29ClN2O/c1-3-25-12-4-5-21(25)15-24-14-19-13-20(23)10-11-22(19)26-16-18-8-6-17(2)7-9-18/h6-11,13,21,24H,3-5,12,14-16H2,1-2H3. The zero-order chi connectivity index (χ0) is 18.4. The number of hydrogen-bond donors (Lipinski definition) is 1. The van der Waals surface area contributed by atoms with Crippen LogP contribution in [0.4, 0.5) is 0 Å². The predicted octanol–water partition coefficient (Wildman–Crippen LogP) is 4.80. The van der Waals surface area contributed by atoms with Crippen LogP contribution in [0.1, 0.15) is 36.5 Å². The third kappa shape index (κ3) is 5.23. The van der Waals surface area contributed by atoms with Crippen LogP contribution in [0.15, 0.2) is 42.5 Å². The maximum absolute atomic E-state index is 6.21. The number of nitrogens with zero attached hydrogens (tertiary/aromatic N) is 1. The summed E-state index contributed by atoms with van der Waals surface area (Å²) in [4.78, 5) is 2.56. The summed E-state index contributed by atoms with van der Waals surface area (Å²) in [7, 11) is 0. The lowest BCUT2D eigenvalue weighted by atomic mass is 10.1. The number of rotatable bonds is 8. The van der Waals surface area contributed by atoms with Crippen LogP contribution in [-0.2, 0) is 13.2 Å². The van der Waals surface area contributed by atoms with Gasteiger partial charge in [0.2, 0.25) is 0 Å². The minimum absolute atomic E-state index is 0.571. The van der Waals surface area contributed by atoms with Crippen LogP contribution in [0.3, 0.4) is 0 Å². The van der Waals surface area contributed by atoms with Crippen LogP contribution in [0.5, 0.6) is 5.75 Å². The van der Waals surface area contributed by atoms with Crippen molar-refractivity contribution < 1.29 is 4.74 Å². The first-order valence-electron chi connectivity index (χ1n) is 9.57. The van der Waals surface area contributed by atoms with Crippen LogP contribution < -0.4 is 10.1 Å². The summed E-state index contributed by atoms with van der Waals surface area (Å²) < 4.78 is 6.07. The third-order valence-corrected chi connectivity index (χ3v) is 5.37. The number of aryl methyl sites for hydroxylation is 1. The van der Waals surface area contributed by atoms with E-state index in [0.717, 1.165) is 36.0 Å². The van der Waals surface area contributed by atoms with E-state index >= 15 is 0 Å². The second kappa shape index (κ2) is 9.40. The number of ether oxygens (including phenoxy) is 1. The molecule has 4 heteroatoms. The molecular formula is C22H29ClN2O. The van der Waals surface area contributed by atoms with Gasteiger partial charge < -0.3 is 10.1 Å². The molecule has 2 aromatic rings. The van der Waals surface area contributed by atoms with Crippen LogP contribution in [0, 0.1) is 6.92 Å². The monoisotopic (exact) mass is 372 g/mol. The summed E-state index contributed by atoms with van der Waals surface area (Å²) in [5.74, 6) is 0.904. The molecule has 1 atom stereocenters. The molecule has 1 fully saturated rings. The van der Waals surface area contributed by atoms with Crippen LogP contribution in [-0.4, -0.2) is 30.6 Å². The Kier molecular flexibility index (Phi) is 6.95. The number of likely N-dealkylation sites (tertiary alicyclic amines) is 1. The quantitative estimate of drug-likeness (QED) is 0.720. The number of hydrogen-bond acceptors (Lipinski definition) is 3. The molecule has 3 nitrogen and oxygen atoms in total. The Morgan fingerprint density at radius 2 is 2.00 bits per heavy atom. The predicted molar refractivity (Wildman–Crippen MR) is 109 cm³/mol. The smallest absolute Gasteiger partial charge is 0.124 e. The lowest BCUT2D eigenvalue weighted by Gasteiger charge is -2.23. The molecule has 1 N–H and O–H groups in total. The SMILES string of the molecule is CCN1CCCC1CNCc1cc(Cl)ccc1OCc1ccc(C)cc1. The molecular weight excluding hydrogens is 344 g/mol. The number of benzene rings is 2. The Labute approximate surface area is 162 Å². The van der Waals surface area contributed by atoms with Gasteiger partial charge in [0.1, 0.15) is 12.4 Å². The molecule has 0 saturated carbocycles. The average molecular weight is 373 g/mol. The van der Waals surface area contributed by atoms with E-state index in [2.05, 4.69) is 48.3 Å². The summed E-state index contributed by atoms with van der Waals surface area (Å²) in [6.07, 6.45) is 2.59. The van der Waals surface area contributed by atoms with Gasteiger partial charge in [0.05, 0.1) is 0 Å². The minimum Gasteiger partial charge on any atom is -0.489 e. The van der Waals surface area contributed by atoms with E-state index in [1.165, 1.54) is 30.5 Å². The van der Waals surface area contributed by atoms with Gasteiger partial charge in [-0.2, -0.15) is 0 Å². The van der Waals surface area contributed by atoms with Crippen molar-refractivity contribution in [3.8, 4) is 5.75 Å². The molecule has 0 spiro atoms. The van der Waals surface area contributed by atoms with Crippen molar-refractivity contribution in [2.24, 2.45) is 0 Å². The highest BCUT2D eigenvalue weighted by Crippen LogP contribution is 2.24. The van der Waals surface area contributed by atoms with E-state index in [4.69, 9.17) is 16.3 Å². The van der Waals surface area contributed by atoms with E-state index in [1.54, 1.807) is 0 Å². The minimum atomic E-state index is 0.571. The molecule has 2 aromatic carbocycles. The molecule has 3 rings (SSSR count). The lowest BCUT2D eigenvalue weighted by molar-refractivity contribution is 0.259. The average Bonchev–Trinajstić information content (AvgIpc) is 3.10. The number of nitrogens with one attached hydrogen (secondary N) is 1. The van der Waals surface area contributed by atoms with Crippen LogP contribution in [0.2, 0.25) is 5.02 Å². The van der Waals surface area contributed by atoms with Crippen molar-refractivity contribution in [1.29, 1.82) is 0 Å². The van der Waals surface area contributed by atoms with E-state index < -0.39 is 0 Å². The zero-order valence-electron chi connectivity index (χ0n) is 15.8. The van der Waals surface area contributed by atoms with E-state index in [9.17, 15) is 0 Å². The summed E-state index contributed by atoms with van der Waals surface area (Å²) in [5.41, 5.74) is 3.55. The second-order valence-electron chi connectivity index (χ2n) is 7.08. The molecule has 0 aliphatic carbocycles. The Morgan fingerprint density at radius 3 is 2.77 bits per heavy atom. The van der Waals surface area contributed by atoms with Crippen LogP contribution in [0.25, 0.3) is 0 Å². The molecule has 1 aliphatic heterocycles. The van der Waals surface area contributed by atoms with Crippen molar-refractivity contribution in [1.82, 2.24) is 10.2 Å². The van der Waals surface area contributed by atoms with E-state index in [1.807, 2.05) is 18.2 Å². The maximum atomic E-state index is 6.21. The molecule has 0 aromatic heterocycles. The highest BCUT2D eigenvalue weighted by Gasteiger charge is 2.22. The van der Waals surface area contributed by atoms with Crippen LogP contribution >= 0.6 is 11.6 Å². The highest BCUT2D eigenvalue weighted by molar-refractivity contribution is 6.30. The molecule has 1 heterocycles. The molecule has 140 valence electrons. The van der Waals surface area contributed by atoms with Gasteiger partial charge >= 0.3 is 0 Å². The molecule has 0 radical (unpaired) electrons.